The molecule has 8 nitrogen and oxygen atoms in total. The Morgan fingerprint density at radius 1 is 0.971 bits per heavy atom. The van der Waals surface area contributed by atoms with Gasteiger partial charge in [0.2, 0.25) is 0 Å². The predicted octanol–water partition coefficient (Wildman–Crippen LogP) is 3.81. The zero-order valence-electron chi connectivity index (χ0n) is 19.0. The average molecular weight is 513 g/mol. The van der Waals surface area contributed by atoms with Crippen LogP contribution >= 0.6 is 0 Å². The first-order valence-electron chi connectivity index (χ1n) is 10.4. The van der Waals surface area contributed by atoms with E-state index >= 15 is 0 Å². The van der Waals surface area contributed by atoms with Crippen LogP contribution in [0.1, 0.15) is 32.8 Å². The molecule has 1 amide bonds. The van der Waals surface area contributed by atoms with E-state index in [1.807, 2.05) is 0 Å². The lowest BCUT2D eigenvalue weighted by molar-refractivity contribution is -0.274. The van der Waals surface area contributed by atoms with Crippen LogP contribution in [0.25, 0.3) is 4.91 Å². The van der Waals surface area contributed by atoms with E-state index in [0.717, 1.165) is 28.6 Å². The van der Waals surface area contributed by atoms with E-state index in [0.29, 0.717) is 5.56 Å². The predicted molar refractivity (Wildman–Crippen MR) is 120 cm³/mol. The van der Waals surface area contributed by atoms with Gasteiger partial charge in [-0.05, 0) is 50.6 Å². The summed E-state index contributed by atoms with van der Waals surface area (Å²) in [5.41, 5.74) is -0.869. The van der Waals surface area contributed by atoms with Crippen LogP contribution in [0.5, 0.6) is 11.5 Å². The van der Waals surface area contributed by atoms with Gasteiger partial charge in [-0.3, -0.25) is 9.59 Å². The van der Waals surface area contributed by atoms with E-state index < -0.39 is 39.6 Å². The van der Waals surface area contributed by atoms with Gasteiger partial charge in [-0.1, -0.05) is 30.3 Å². The molecule has 0 saturated heterocycles. The molecule has 0 atom stereocenters. The second kappa shape index (κ2) is 9.61. The Morgan fingerprint density at radius 2 is 1.54 bits per heavy atom. The lowest BCUT2D eigenvalue weighted by Gasteiger charge is -2.30. The number of amides is 1. The number of hydrogen-bond donors (Lipinski definition) is 1. The van der Waals surface area contributed by atoms with Gasteiger partial charge in [-0.2, -0.15) is 0 Å². The zero-order valence-corrected chi connectivity index (χ0v) is 19.9. The molecule has 2 aromatic carbocycles. The fraction of sp³-hybridized carbons (Fsp3) is 0.304. The summed E-state index contributed by atoms with van der Waals surface area (Å²) in [5, 5.41) is 2.75. The first kappa shape index (κ1) is 26.1. The number of carbonyl (C=O) groups is 2. The molecule has 0 aliphatic carbocycles. The molecule has 3 rings (SSSR count). The molecule has 0 radical (unpaired) electrons. The highest BCUT2D eigenvalue weighted by Crippen LogP contribution is 2.38. The van der Waals surface area contributed by atoms with E-state index in [-0.39, 0.29) is 29.3 Å². The Morgan fingerprint density at radius 3 is 2.09 bits per heavy atom. The maximum atomic E-state index is 13.2. The Balaban J connectivity index is 1.72. The van der Waals surface area contributed by atoms with E-state index in [2.05, 4.69) is 10.1 Å². The molecule has 0 saturated carbocycles. The lowest BCUT2D eigenvalue weighted by Crippen LogP contribution is -2.46. The number of carbonyl (C=O) groups excluding carboxylic acids is 2. The van der Waals surface area contributed by atoms with Crippen LogP contribution in [0.15, 0.2) is 60.3 Å². The maximum absolute atomic E-state index is 13.2. The summed E-state index contributed by atoms with van der Waals surface area (Å²) in [6, 6.07) is 12.4. The van der Waals surface area contributed by atoms with Gasteiger partial charge in [-0.15, -0.1) is 13.2 Å². The number of ether oxygens (including phenoxy) is 2. The molecule has 0 spiro atoms. The first-order chi connectivity index (χ1) is 16.2. The van der Waals surface area contributed by atoms with E-state index in [1.165, 1.54) is 0 Å². The second-order valence-corrected chi connectivity index (χ2v) is 10.2. The highest BCUT2D eigenvalue weighted by Gasteiger charge is 2.49. The largest absolute Gasteiger partial charge is 0.573 e. The second-order valence-electron chi connectivity index (χ2n) is 8.49. The summed E-state index contributed by atoms with van der Waals surface area (Å²) in [7, 11) is -4.16. The van der Waals surface area contributed by atoms with Gasteiger partial charge in [-0.25, -0.2) is 12.7 Å². The third-order valence-electron chi connectivity index (χ3n) is 4.69. The Labute approximate surface area is 200 Å². The third-order valence-corrected chi connectivity index (χ3v) is 6.84. The van der Waals surface area contributed by atoms with Crippen LogP contribution < -0.4 is 14.8 Å². The number of esters is 1. The molecular weight excluding hydrogens is 489 g/mol. The van der Waals surface area contributed by atoms with Crippen molar-refractivity contribution in [2.45, 2.75) is 39.1 Å². The van der Waals surface area contributed by atoms with Crippen molar-refractivity contribution < 1.29 is 40.7 Å². The lowest BCUT2D eigenvalue weighted by atomic mass is 10.1. The summed E-state index contributed by atoms with van der Waals surface area (Å²) < 4.78 is 72.8. The highest BCUT2D eigenvalue weighted by molar-refractivity contribution is 7.99. The van der Waals surface area contributed by atoms with Crippen molar-refractivity contribution in [3.63, 3.8) is 0 Å². The monoisotopic (exact) mass is 512 g/mol. The topological polar surface area (TPSA) is 102 Å². The third kappa shape index (κ3) is 6.13. The van der Waals surface area contributed by atoms with E-state index in [9.17, 15) is 31.2 Å². The van der Waals surface area contributed by atoms with Crippen LogP contribution in [-0.4, -0.2) is 43.0 Å². The molecule has 0 aromatic heterocycles. The number of alkyl halides is 3. The molecule has 2 aromatic rings. The van der Waals surface area contributed by atoms with Crippen LogP contribution in [0.3, 0.4) is 0 Å². The van der Waals surface area contributed by atoms with Crippen molar-refractivity contribution in [2.24, 2.45) is 0 Å². The van der Waals surface area contributed by atoms with Crippen molar-refractivity contribution in [3.8, 4) is 11.5 Å². The van der Waals surface area contributed by atoms with Crippen molar-refractivity contribution >= 4 is 26.8 Å². The molecule has 1 aliphatic rings. The molecule has 12 heteroatoms. The quantitative estimate of drug-likeness (QED) is 0.445. The summed E-state index contributed by atoms with van der Waals surface area (Å²) in [5.74, 6) is -1.97. The summed E-state index contributed by atoms with van der Waals surface area (Å²) in [4.78, 5) is 25.1. The van der Waals surface area contributed by atoms with E-state index in [1.54, 1.807) is 51.1 Å². The molecule has 0 unspecified atom stereocenters. The smallest absolute Gasteiger partial charge is 0.426 e. The molecule has 35 heavy (non-hydrogen) atoms. The minimum atomic E-state index is -4.84. The minimum Gasteiger partial charge on any atom is -0.426 e. The number of nitrogens with zero attached hydrogens (tertiary/aromatic N) is 1. The minimum absolute atomic E-state index is 0.00728. The first-order valence-corrected chi connectivity index (χ1v) is 11.8. The molecule has 1 N–H and O–H groups in total. The number of sulfonamides is 1. The SMILES string of the molecule is CC(C)(C)N1C(=O)C(NCCC(=O)Oc2ccc(OC(F)(F)F)cc2)=C(c2ccccc2)S1(=O)=O. The Hall–Kier alpha value is -3.54. The molecule has 0 bridgehead atoms. The van der Waals surface area contributed by atoms with Crippen LogP contribution in [0.2, 0.25) is 0 Å². The molecule has 1 aliphatic heterocycles. The van der Waals surface area contributed by atoms with Crippen molar-refractivity contribution in [2.75, 3.05) is 6.54 Å². The zero-order chi connectivity index (χ0) is 26.0. The number of hydrogen-bond acceptors (Lipinski definition) is 7. The molecule has 1 heterocycles. The molecule has 188 valence electrons. The maximum Gasteiger partial charge on any atom is 0.573 e. The highest BCUT2D eigenvalue weighted by atomic mass is 32.2. The standard InChI is InChI=1S/C23H23F3N2O6S/c1-22(2,3)28-21(30)19(20(35(28,31)32)15-7-5-4-6-8-15)27-14-13-18(29)33-16-9-11-17(12-10-16)34-23(24,25)26/h4-12,27H,13-14H2,1-3H3. The fourth-order valence-corrected chi connectivity index (χ4v) is 5.48. The van der Waals surface area contributed by atoms with Gasteiger partial charge in [0.15, 0.2) is 0 Å². The van der Waals surface area contributed by atoms with Gasteiger partial charge < -0.3 is 14.8 Å². The van der Waals surface area contributed by atoms with Crippen molar-refractivity contribution in [3.05, 3.63) is 65.9 Å². The van der Waals surface area contributed by atoms with Crippen LogP contribution in [0.4, 0.5) is 13.2 Å². The van der Waals surface area contributed by atoms with Crippen molar-refractivity contribution in [1.29, 1.82) is 0 Å². The molecule has 0 fully saturated rings. The average Bonchev–Trinajstić information content (AvgIpc) is 2.93. The number of benzene rings is 2. The Kier molecular flexibility index (Phi) is 7.16. The number of halogens is 3. The van der Waals surface area contributed by atoms with E-state index in [4.69, 9.17) is 4.74 Å². The van der Waals surface area contributed by atoms with Gasteiger partial charge in [0, 0.05) is 6.54 Å². The summed E-state index contributed by atoms with van der Waals surface area (Å²) in [6.45, 7) is 4.65. The normalized spacial score (nSPS) is 15.8. The molecular formula is C23H23F3N2O6S. The number of rotatable bonds is 7. The fourth-order valence-electron chi connectivity index (χ4n) is 3.41. The van der Waals surface area contributed by atoms with Gasteiger partial charge in [0.05, 0.1) is 12.0 Å². The summed E-state index contributed by atoms with van der Waals surface area (Å²) >= 11 is 0. The van der Waals surface area contributed by atoms with Crippen LogP contribution in [0, 0.1) is 0 Å². The summed E-state index contributed by atoms with van der Waals surface area (Å²) in [6.07, 6.45) is -5.10. The van der Waals surface area contributed by atoms with Gasteiger partial charge in [0.1, 0.15) is 22.1 Å². The van der Waals surface area contributed by atoms with Gasteiger partial charge in [0.25, 0.3) is 15.9 Å². The number of nitrogens with one attached hydrogen (secondary N) is 1. The van der Waals surface area contributed by atoms with Gasteiger partial charge >= 0.3 is 12.3 Å². The van der Waals surface area contributed by atoms with Crippen molar-refractivity contribution in [1.82, 2.24) is 9.62 Å². The van der Waals surface area contributed by atoms with Crippen LogP contribution in [-0.2, 0) is 19.6 Å². The Bertz CT molecular complexity index is 1230.